The van der Waals surface area contributed by atoms with Gasteiger partial charge in [-0.3, -0.25) is 0 Å². The largest absolute Gasteiger partial charge is 0.0654 e. The van der Waals surface area contributed by atoms with Crippen LogP contribution in [0.5, 0.6) is 0 Å². The summed E-state index contributed by atoms with van der Waals surface area (Å²) in [6.07, 6.45) is 15.8. The van der Waals surface area contributed by atoms with Gasteiger partial charge in [0.25, 0.3) is 0 Å². The first kappa shape index (κ1) is 21.9. The number of allylic oxidation sites excluding steroid dienone is 1. The van der Waals surface area contributed by atoms with Crippen molar-refractivity contribution in [2.24, 2.45) is 5.92 Å². The van der Waals surface area contributed by atoms with Crippen LogP contribution in [0.2, 0.25) is 0 Å². The van der Waals surface area contributed by atoms with Gasteiger partial charge in [-0.2, -0.15) is 0 Å². The van der Waals surface area contributed by atoms with Crippen LogP contribution < -0.4 is 0 Å². The highest BCUT2D eigenvalue weighted by Crippen LogP contribution is 2.37. The minimum Gasteiger partial charge on any atom is -0.0654 e. The number of unbranched alkanes of at least 4 members (excludes halogenated alkanes) is 2. The molecule has 3 rings (SSSR count). The molecule has 0 N–H and O–H groups in total. The van der Waals surface area contributed by atoms with Gasteiger partial charge in [0.15, 0.2) is 0 Å². The molecule has 29 heavy (non-hydrogen) atoms. The van der Waals surface area contributed by atoms with Gasteiger partial charge in [-0.15, -0.1) is 0 Å². The number of hydrogen-bond acceptors (Lipinski definition) is 0. The molecule has 0 unspecified atom stereocenters. The maximum atomic E-state index is 2.38. The van der Waals surface area contributed by atoms with E-state index in [0.717, 1.165) is 11.8 Å². The Morgan fingerprint density at radius 3 is 2.14 bits per heavy atom. The Labute approximate surface area is 179 Å². The topological polar surface area (TPSA) is 0 Å². The lowest BCUT2D eigenvalue weighted by molar-refractivity contribution is 0.308. The van der Waals surface area contributed by atoms with E-state index in [9.17, 15) is 0 Å². The van der Waals surface area contributed by atoms with Crippen LogP contribution in [0.15, 0.2) is 48.5 Å². The van der Waals surface area contributed by atoms with Crippen molar-refractivity contribution in [1.29, 1.82) is 0 Å². The van der Waals surface area contributed by atoms with Crippen LogP contribution in [0.25, 0.3) is 11.6 Å². The molecule has 0 bridgehead atoms. The first-order valence-corrected chi connectivity index (χ1v) is 12.1. The minimum atomic E-state index is 0.780. The zero-order chi connectivity index (χ0) is 20.5. The Hall–Kier alpha value is -1.82. The van der Waals surface area contributed by atoms with Crippen molar-refractivity contribution in [1.82, 2.24) is 0 Å². The molecule has 0 heteroatoms. The van der Waals surface area contributed by atoms with Gasteiger partial charge in [-0.1, -0.05) is 94.1 Å². The van der Waals surface area contributed by atoms with Crippen molar-refractivity contribution >= 4 is 11.6 Å². The molecule has 156 valence electrons. The Balaban J connectivity index is 1.57. The highest BCUT2D eigenvalue weighted by molar-refractivity contribution is 5.80. The van der Waals surface area contributed by atoms with Crippen molar-refractivity contribution in [2.75, 3.05) is 0 Å². The highest BCUT2D eigenvalue weighted by Gasteiger charge is 2.21. The maximum Gasteiger partial charge on any atom is -0.0162 e. The third kappa shape index (κ3) is 6.59. The van der Waals surface area contributed by atoms with E-state index < -0.39 is 0 Å². The van der Waals surface area contributed by atoms with Crippen molar-refractivity contribution in [3.63, 3.8) is 0 Å². The summed E-state index contributed by atoms with van der Waals surface area (Å²) in [5.41, 5.74) is 7.01. The molecule has 1 aliphatic carbocycles. The monoisotopic (exact) mass is 388 g/mol. The third-order valence-corrected chi connectivity index (χ3v) is 6.81. The fourth-order valence-electron chi connectivity index (χ4n) is 4.90. The van der Waals surface area contributed by atoms with Crippen molar-refractivity contribution in [3.05, 3.63) is 70.8 Å². The molecule has 0 aliphatic heterocycles. The van der Waals surface area contributed by atoms with Crippen molar-refractivity contribution < 1.29 is 0 Å². The number of hydrogen-bond donors (Lipinski definition) is 0. The minimum absolute atomic E-state index is 0.780. The second-order valence-corrected chi connectivity index (χ2v) is 9.15. The summed E-state index contributed by atoms with van der Waals surface area (Å²) >= 11 is 0. The molecule has 0 aromatic heterocycles. The molecule has 0 spiro atoms. The normalized spacial score (nSPS) is 20.0. The molecule has 2 aromatic rings. The lowest BCUT2D eigenvalue weighted by atomic mass is 9.77. The predicted octanol–water partition coefficient (Wildman–Crippen LogP) is 9.05. The summed E-state index contributed by atoms with van der Waals surface area (Å²) < 4.78 is 0. The molecular weight excluding hydrogens is 348 g/mol. The summed E-state index contributed by atoms with van der Waals surface area (Å²) in [5.74, 6) is 1.77. The maximum absolute atomic E-state index is 2.38. The second-order valence-electron chi connectivity index (χ2n) is 9.15. The molecule has 1 saturated carbocycles. The molecule has 0 saturated heterocycles. The second kappa shape index (κ2) is 11.4. The first-order valence-electron chi connectivity index (χ1n) is 12.1. The van der Waals surface area contributed by atoms with Crippen molar-refractivity contribution in [2.45, 2.75) is 90.9 Å². The van der Waals surface area contributed by atoms with E-state index in [-0.39, 0.29) is 0 Å². The smallest absolute Gasteiger partial charge is 0.0162 e. The van der Waals surface area contributed by atoms with Gasteiger partial charge in [0, 0.05) is 0 Å². The Morgan fingerprint density at radius 2 is 1.52 bits per heavy atom. The van der Waals surface area contributed by atoms with E-state index in [2.05, 4.69) is 75.4 Å². The van der Waals surface area contributed by atoms with Gasteiger partial charge in [-0.05, 0) is 85.1 Å². The molecular formula is C29H40. The lowest BCUT2D eigenvalue weighted by Crippen LogP contribution is -2.13. The number of rotatable bonds is 9. The van der Waals surface area contributed by atoms with E-state index in [1.54, 1.807) is 5.56 Å². The lowest BCUT2D eigenvalue weighted by Gasteiger charge is -2.28. The van der Waals surface area contributed by atoms with E-state index in [1.807, 2.05) is 0 Å². The average Bonchev–Trinajstić information content (AvgIpc) is 2.76. The molecule has 0 atom stereocenters. The average molecular weight is 389 g/mol. The zero-order valence-corrected chi connectivity index (χ0v) is 18.9. The molecule has 2 aromatic carbocycles. The van der Waals surface area contributed by atoms with Crippen LogP contribution in [0.1, 0.15) is 107 Å². The molecule has 0 heterocycles. The zero-order valence-electron chi connectivity index (χ0n) is 18.9. The summed E-state index contributed by atoms with van der Waals surface area (Å²) in [4.78, 5) is 0. The SMILES string of the molecule is CCCCCc1ccc(/C(C)=C/c2ccc(C3CCC(CCC)CC3)cc2)cc1. The fraction of sp³-hybridized carbons (Fsp3) is 0.517. The summed E-state index contributed by atoms with van der Waals surface area (Å²) in [5, 5.41) is 0. The van der Waals surface area contributed by atoms with Crippen molar-refractivity contribution in [3.8, 4) is 0 Å². The quantitative estimate of drug-likeness (QED) is 0.297. The van der Waals surface area contributed by atoms with Gasteiger partial charge < -0.3 is 0 Å². The molecule has 0 radical (unpaired) electrons. The Kier molecular flexibility index (Phi) is 8.59. The predicted molar refractivity (Wildman–Crippen MR) is 129 cm³/mol. The number of benzene rings is 2. The fourth-order valence-corrected chi connectivity index (χ4v) is 4.90. The van der Waals surface area contributed by atoms with E-state index in [4.69, 9.17) is 0 Å². The standard InChI is InChI=1S/C29H40/c1-4-6-7-9-25-10-16-27(17-11-25)23(3)22-26-14-20-29(21-15-26)28-18-12-24(8-5-2)13-19-28/h10-11,14-17,20-22,24,28H,4-9,12-13,18-19H2,1-3H3/b23-22+. The van der Waals surface area contributed by atoms with Crippen LogP contribution in [0, 0.1) is 5.92 Å². The van der Waals surface area contributed by atoms with Gasteiger partial charge in [0.1, 0.15) is 0 Å². The third-order valence-electron chi connectivity index (χ3n) is 6.81. The Morgan fingerprint density at radius 1 is 0.828 bits per heavy atom. The van der Waals surface area contributed by atoms with E-state index in [1.165, 1.54) is 86.5 Å². The summed E-state index contributed by atoms with van der Waals surface area (Å²) in [6.45, 7) is 6.82. The van der Waals surface area contributed by atoms with Crippen LogP contribution in [-0.4, -0.2) is 0 Å². The molecule has 1 fully saturated rings. The van der Waals surface area contributed by atoms with Crippen LogP contribution in [0.3, 0.4) is 0 Å². The van der Waals surface area contributed by atoms with Crippen LogP contribution >= 0.6 is 0 Å². The van der Waals surface area contributed by atoms with E-state index >= 15 is 0 Å². The summed E-state index contributed by atoms with van der Waals surface area (Å²) in [6, 6.07) is 18.6. The summed E-state index contributed by atoms with van der Waals surface area (Å²) in [7, 11) is 0. The Bertz CT molecular complexity index is 740. The van der Waals surface area contributed by atoms with E-state index in [0.29, 0.717) is 0 Å². The van der Waals surface area contributed by atoms with Crippen LogP contribution in [0.4, 0.5) is 0 Å². The molecule has 0 nitrogen and oxygen atoms in total. The van der Waals surface area contributed by atoms with Gasteiger partial charge in [-0.25, -0.2) is 0 Å². The van der Waals surface area contributed by atoms with Crippen LogP contribution in [-0.2, 0) is 6.42 Å². The number of aryl methyl sites for hydroxylation is 1. The molecule has 1 aliphatic rings. The van der Waals surface area contributed by atoms with Gasteiger partial charge in [0.05, 0.1) is 0 Å². The van der Waals surface area contributed by atoms with Gasteiger partial charge in [0.2, 0.25) is 0 Å². The first-order chi connectivity index (χ1) is 14.2. The molecule has 0 amide bonds. The van der Waals surface area contributed by atoms with Gasteiger partial charge >= 0.3 is 0 Å². The highest BCUT2D eigenvalue weighted by atomic mass is 14.3.